The van der Waals surface area contributed by atoms with Gasteiger partial charge in [0.1, 0.15) is 12.9 Å². The number of hydrogen-bond acceptors (Lipinski definition) is 6. The molecular formula is C12H11BrN4O3. The maximum absolute atomic E-state index is 11.1. The molecule has 104 valence electrons. The zero-order valence-corrected chi connectivity index (χ0v) is 12.1. The van der Waals surface area contributed by atoms with E-state index in [4.69, 9.17) is 4.74 Å². The van der Waals surface area contributed by atoms with Crippen molar-refractivity contribution >= 4 is 27.4 Å². The van der Waals surface area contributed by atoms with Gasteiger partial charge in [0.15, 0.2) is 0 Å². The van der Waals surface area contributed by atoms with Crippen molar-refractivity contribution in [2.24, 2.45) is 0 Å². The Hall–Kier alpha value is -2.22. The van der Waals surface area contributed by atoms with Gasteiger partial charge in [-0.1, -0.05) is 34.1 Å². The Labute approximate surface area is 123 Å². The van der Waals surface area contributed by atoms with Gasteiger partial charge in [0.25, 0.3) is 5.88 Å². The fourth-order valence-electron chi connectivity index (χ4n) is 1.58. The van der Waals surface area contributed by atoms with Gasteiger partial charge in [-0.3, -0.25) is 10.1 Å². The third-order valence-electron chi connectivity index (χ3n) is 2.53. The molecule has 0 spiro atoms. The number of nitrogens with one attached hydrogen (secondary N) is 1. The maximum Gasteiger partial charge on any atom is 0.372 e. The highest BCUT2D eigenvalue weighted by Crippen LogP contribution is 2.31. The third-order valence-corrected chi connectivity index (χ3v) is 3.30. The number of rotatable bonds is 5. The Balaban J connectivity index is 2.26. The lowest BCUT2D eigenvalue weighted by atomic mass is 10.2. The first kappa shape index (κ1) is 14.2. The molecule has 0 saturated carbocycles. The molecule has 8 heteroatoms. The highest BCUT2D eigenvalue weighted by Gasteiger charge is 2.23. The molecule has 0 aliphatic carbocycles. The van der Waals surface area contributed by atoms with Crippen LogP contribution in [-0.2, 0) is 6.61 Å². The number of aromatic nitrogens is 2. The average molecular weight is 339 g/mol. The predicted molar refractivity (Wildman–Crippen MR) is 76.7 cm³/mol. The average Bonchev–Trinajstić information content (AvgIpc) is 2.45. The maximum atomic E-state index is 11.1. The summed E-state index contributed by atoms with van der Waals surface area (Å²) in [5, 5.41) is 13.7. The predicted octanol–water partition coefficient (Wildman–Crippen LogP) is 2.77. The van der Waals surface area contributed by atoms with E-state index in [0.717, 1.165) is 10.0 Å². The molecule has 2 rings (SSSR count). The van der Waals surface area contributed by atoms with E-state index in [9.17, 15) is 10.1 Å². The van der Waals surface area contributed by atoms with E-state index in [1.54, 1.807) is 7.05 Å². The molecule has 1 aromatic carbocycles. The van der Waals surface area contributed by atoms with Gasteiger partial charge in [0.05, 0.1) is 4.92 Å². The minimum Gasteiger partial charge on any atom is -0.468 e. The number of benzene rings is 1. The topological polar surface area (TPSA) is 90.2 Å². The number of anilines is 1. The van der Waals surface area contributed by atoms with E-state index in [0.29, 0.717) is 0 Å². The Kier molecular flexibility index (Phi) is 4.46. The van der Waals surface area contributed by atoms with Crippen LogP contribution in [0.25, 0.3) is 0 Å². The largest absolute Gasteiger partial charge is 0.468 e. The van der Waals surface area contributed by atoms with Gasteiger partial charge in [-0.05, 0) is 6.07 Å². The summed E-state index contributed by atoms with van der Waals surface area (Å²) in [6.45, 7) is 0.169. The zero-order chi connectivity index (χ0) is 14.5. The first-order valence-corrected chi connectivity index (χ1v) is 6.46. The standard InChI is InChI=1S/C12H11BrN4O3/c1-14-11-10(17(18)19)12(16-7-15-11)20-6-8-4-2-3-5-9(8)13/h2-5,7H,6H2,1H3,(H,14,15,16). The van der Waals surface area contributed by atoms with Gasteiger partial charge >= 0.3 is 5.69 Å². The normalized spacial score (nSPS) is 10.1. The highest BCUT2D eigenvalue weighted by molar-refractivity contribution is 9.10. The van der Waals surface area contributed by atoms with Crippen molar-refractivity contribution < 1.29 is 9.66 Å². The van der Waals surface area contributed by atoms with Crippen LogP contribution in [0.5, 0.6) is 5.88 Å². The van der Waals surface area contributed by atoms with Crippen molar-refractivity contribution in [1.29, 1.82) is 0 Å². The molecule has 0 aliphatic heterocycles. The summed E-state index contributed by atoms with van der Waals surface area (Å²) in [4.78, 5) is 18.1. The minimum absolute atomic E-state index is 0.0647. The summed E-state index contributed by atoms with van der Waals surface area (Å²) in [6.07, 6.45) is 1.22. The van der Waals surface area contributed by atoms with Gasteiger partial charge in [-0.2, -0.15) is 4.98 Å². The van der Waals surface area contributed by atoms with Gasteiger partial charge < -0.3 is 10.1 Å². The molecule has 0 unspecified atom stereocenters. The van der Waals surface area contributed by atoms with Crippen LogP contribution in [0, 0.1) is 10.1 Å². The molecule has 0 aliphatic rings. The molecule has 0 amide bonds. The van der Waals surface area contributed by atoms with Gasteiger partial charge in [0, 0.05) is 17.1 Å². The van der Waals surface area contributed by atoms with E-state index < -0.39 is 4.92 Å². The van der Waals surface area contributed by atoms with Crippen molar-refractivity contribution in [3.8, 4) is 5.88 Å². The quantitative estimate of drug-likeness (QED) is 0.665. The Morgan fingerprint density at radius 1 is 1.40 bits per heavy atom. The lowest BCUT2D eigenvalue weighted by molar-refractivity contribution is -0.385. The number of hydrogen-bond donors (Lipinski definition) is 1. The molecular weight excluding hydrogens is 328 g/mol. The lowest BCUT2D eigenvalue weighted by Gasteiger charge is -2.08. The number of ether oxygens (including phenoxy) is 1. The fourth-order valence-corrected chi connectivity index (χ4v) is 1.98. The van der Waals surface area contributed by atoms with Crippen molar-refractivity contribution in [2.75, 3.05) is 12.4 Å². The summed E-state index contributed by atoms with van der Waals surface area (Å²) in [6, 6.07) is 7.46. The fraction of sp³-hybridized carbons (Fsp3) is 0.167. The second-order valence-electron chi connectivity index (χ2n) is 3.76. The molecule has 2 aromatic rings. The molecule has 1 heterocycles. The monoisotopic (exact) mass is 338 g/mol. The molecule has 0 radical (unpaired) electrons. The SMILES string of the molecule is CNc1ncnc(OCc2ccccc2Br)c1[N+](=O)[O-]. The number of halogens is 1. The van der Waals surface area contributed by atoms with Crippen molar-refractivity contribution in [1.82, 2.24) is 9.97 Å². The Bertz CT molecular complexity index is 636. The second-order valence-corrected chi connectivity index (χ2v) is 4.62. The van der Waals surface area contributed by atoms with Crippen LogP contribution in [0.4, 0.5) is 11.5 Å². The van der Waals surface area contributed by atoms with Crippen LogP contribution < -0.4 is 10.1 Å². The van der Waals surface area contributed by atoms with Crippen molar-refractivity contribution in [3.63, 3.8) is 0 Å². The van der Waals surface area contributed by atoms with E-state index >= 15 is 0 Å². The molecule has 1 aromatic heterocycles. The van der Waals surface area contributed by atoms with Crippen LogP contribution in [0.3, 0.4) is 0 Å². The number of nitrogens with zero attached hydrogens (tertiary/aromatic N) is 3. The molecule has 0 fully saturated rings. The first-order chi connectivity index (χ1) is 9.63. The second kappa shape index (κ2) is 6.29. The van der Waals surface area contributed by atoms with Crippen LogP contribution >= 0.6 is 15.9 Å². The van der Waals surface area contributed by atoms with Crippen molar-refractivity contribution in [2.45, 2.75) is 6.61 Å². The summed E-state index contributed by atoms with van der Waals surface area (Å²) in [7, 11) is 1.55. The van der Waals surface area contributed by atoms with Gasteiger partial charge in [-0.15, -0.1) is 0 Å². The van der Waals surface area contributed by atoms with Gasteiger partial charge in [0.2, 0.25) is 5.82 Å². The van der Waals surface area contributed by atoms with Gasteiger partial charge in [-0.25, -0.2) is 4.98 Å². The lowest BCUT2D eigenvalue weighted by Crippen LogP contribution is -2.05. The molecule has 0 saturated heterocycles. The summed E-state index contributed by atoms with van der Waals surface area (Å²) in [5.41, 5.74) is 0.591. The minimum atomic E-state index is -0.568. The van der Waals surface area contributed by atoms with Crippen LogP contribution in [0.15, 0.2) is 35.1 Å². The molecule has 1 N–H and O–H groups in total. The third kappa shape index (κ3) is 3.02. The summed E-state index contributed by atoms with van der Waals surface area (Å²) >= 11 is 3.39. The Morgan fingerprint density at radius 3 is 2.80 bits per heavy atom. The van der Waals surface area contributed by atoms with Crippen LogP contribution in [0.1, 0.15) is 5.56 Å². The van der Waals surface area contributed by atoms with Crippen LogP contribution in [0.2, 0.25) is 0 Å². The number of nitro groups is 1. The molecule has 0 bridgehead atoms. The summed E-state index contributed by atoms with van der Waals surface area (Å²) < 4.78 is 6.31. The van der Waals surface area contributed by atoms with E-state index in [2.05, 4.69) is 31.2 Å². The zero-order valence-electron chi connectivity index (χ0n) is 10.5. The van der Waals surface area contributed by atoms with E-state index in [1.165, 1.54) is 6.33 Å². The van der Waals surface area contributed by atoms with E-state index in [1.807, 2.05) is 24.3 Å². The molecule has 20 heavy (non-hydrogen) atoms. The smallest absolute Gasteiger partial charge is 0.372 e. The molecule has 0 atom stereocenters. The highest BCUT2D eigenvalue weighted by atomic mass is 79.9. The first-order valence-electron chi connectivity index (χ1n) is 5.67. The summed E-state index contributed by atoms with van der Waals surface area (Å²) in [5.74, 6) is 0.0530. The van der Waals surface area contributed by atoms with Crippen LogP contribution in [-0.4, -0.2) is 21.9 Å². The van der Waals surface area contributed by atoms with E-state index in [-0.39, 0.29) is 24.0 Å². The van der Waals surface area contributed by atoms with Crippen molar-refractivity contribution in [3.05, 3.63) is 50.7 Å². The Morgan fingerprint density at radius 2 is 2.15 bits per heavy atom. The molecule has 7 nitrogen and oxygen atoms in total.